The van der Waals surface area contributed by atoms with Gasteiger partial charge < -0.3 is 15.2 Å². The van der Waals surface area contributed by atoms with Gasteiger partial charge in [-0.05, 0) is 12.0 Å². The number of benzene rings is 1. The summed E-state index contributed by atoms with van der Waals surface area (Å²) in [7, 11) is 0. The molecule has 2 N–H and O–H groups in total. The third kappa shape index (κ3) is 4.01. The molecule has 0 aromatic heterocycles. The minimum absolute atomic E-state index is 0.0621. The predicted molar refractivity (Wildman–Crippen MR) is 75.3 cm³/mol. The van der Waals surface area contributed by atoms with E-state index in [0.29, 0.717) is 25.2 Å². The molecule has 8 heteroatoms. The van der Waals surface area contributed by atoms with Crippen molar-refractivity contribution in [1.29, 1.82) is 0 Å². The number of nitro benzene ring substituents is 1. The number of hydrogen-bond donors (Lipinski definition) is 2. The van der Waals surface area contributed by atoms with Crippen molar-refractivity contribution in [1.82, 2.24) is 5.32 Å². The number of aliphatic carboxylic acids is 1. The lowest BCUT2D eigenvalue weighted by molar-refractivity contribution is -0.384. The number of ether oxygens (including phenoxy) is 1. The maximum Gasteiger partial charge on any atom is 0.326 e. The van der Waals surface area contributed by atoms with Crippen LogP contribution in [0.2, 0.25) is 0 Å². The van der Waals surface area contributed by atoms with Crippen molar-refractivity contribution in [3.05, 3.63) is 39.9 Å². The van der Waals surface area contributed by atoms with Gasteiger partial charge in [0, 0.05) is 25.2 Å². The zero-order chi connectivity index (χ0) is 16.1. The molecule has 8 nitrogen and oxygen atoms in total. The van der Waals surface area contributed by atoms with Gasteiger partial charge in [-0.25, -0.2) is 4.79 Å². The molecule has 1 heterocycles. The average Bonchev–Trinajstić information content (AvgIpc) is 3.01. The number of nitrogens with one attached hydrogen (secondary N) is 1. The quantitative estimate of drug-likeness (QED) is 0.591. The van der Waals surface area contributed by atoms with E-state index >= 15 is 0 Å². The molecule has 118 valence electrons. The van der Waals surface area contributed by atoms with Gasteiger partial charge in [-0.3, -0.25) is 14.9 Å². The van der Waals surface area contributed by atoms with Crippen LogP contribution in [0, 0.1) is 16.0 Å². The van der Waals surface area contributed by atoms with E-state index in [9.17, 15) is 24.8 Å². The van der Waals surface area contributed by atoms with Crippen molar-refractivity contribution in [3.63, 3.8) is 0 Å². The first-order valence-electron chi connectivity index (χ1n) is 6.81. The van der Waals surface area contributed by atoms with Gasteiger partial charge in [-0.15, -0.1) is 0 Å². The molecule has 1 aromatic rings. The number of nitro groups is 1. The smallest absolute Gasteiger partial charge is 0.326 e. The molecule has 2 atom stereocenters. The second kappa shape index (κ2) is 6.99. The fourth-order valence-electron chi connectivity index (χ4n) is 2.22. The number of hydrogen-bond acceptors (Lipinski definition) is 5. The van der Waals surface area contributed by atoms with E-state index in [1.54, 1.807) is 0 Å². The molecular formula is C14H16N2O6. The number of amides is 1. The Morgan fingerprint density at radius 1 is 1.41 bits per heavy atom. The third-order valence-corrected chi connectivity index (χ3v) is 3.50. The summed E-state index contributed by atoms with van der Waals surface area (Å²) in [6.45, 7) is 0.799. The van der Waals surface area contributed by atoms with E-state index in [2.05, 4.69) is 5.32 Å². The Labute approximate surface area is 126 Å². The molecule has 0 radical (unpaired) electrons. The largest absolute Gasteiger partial charge is 0.480 e. The zero-order valence-electron chi connectivity index (χ0n) is 11.7. The molecule has 1 saturated heterocycles. The number of non-ortho nitro benzene ring substituents is 1. The lowest BCUT2D eigenvalue weighted by Gasteiger charge is -2.16. The fraction of sp³-hybridized carbons (Fsp3) is 0.429. The second-order valence-corrected chi connectivity index (χ2v) is 5.09. The Morgan fingerprint density at radius 3 is 2.59 bits per heavy atom. The first-order valence-corrected chi connectivity index (χ1v) is 6.81. The first kappa shape index (κ1) is 15.9. The average molecular weight is 308 g/mol. The van der Waals surface area contributed by atoms with Gasteiger partial charge in [0.2, 0.25) is 5.91 Å². The van der Waals surface area contributed by atoms with Gasteiger partial charge in [0.1, 0.15) is 6.04 Å². The summed E-state index contributed by atoms with van der Waals surface area (Å²) in [4.78, 5) is 33.3. The summed E-state index contributed by atoms with van der Waals surface area (Å²) in [6.07, 6.45) is 0.641. The highest BCUT2D eigenvalue weighted by atomic mass is 16.6. The van der Waals surface area contributed by atoms with Crippen molar-refractivity contribution in [3.8, 4) is 0 Å². The van der Waals surface area contributed by atoms with E-state index in [0.717, 1.165) is 0 Å². The number of carbonyl (C=O) groups is 2. The fourth-order valence-corrected chi connectivity index (χ4v) is 2.22. The Kier molecular flexibility index (Phi) is 5.05. The van der Waals surface area contributed by atoms with Crippen LogP contribution in [-0.2, 0) is 20.7 Å². The van der Waals surface area contributed by atoms with Crippen LogP contribution in [0.1, 0.15) is 12.0 Å². The summed E-state index contributed by atoms with van der Waals surface area (Å²) in [5, 5.41) is 22.3. The number of carboxylic acid groups (broad SMARTS) is 1. The van der Waals surface area contributed by atoms with Crippen molar-refractivity contribution >= 4 is 17.6 Å². The third-order valence-electron chi connectivity index (χ3n) is 3.50. The zero-order valence-corrected chi connectivity index (χ0v) is 11.7. The maximum atomic E-state index is 12.0. The van der Waals surface area contributed by atoms with E-state index in [1.165, 1.54) is 24.3 Å². The van der Waals surface area contributed by atoms with Crippen LogP contribution in [0.3, 0.4) is 0 Å². The molecule has 0 spiro atoms. The topological polar surface area (TPSA) is 119 Å². The van der Waals surface area contributed by atoms with Gasteiger partial charge in [-0.1, -0.05) is 12.1 Å². The molecule has 22 heavy (non-hydrogen) atoms. The predicted octanol–water partition coefficient (Wildman–Crippen LogP) is 0.743. The Balaban J connectivity index is 2.00. The van der Waals surface area contributed by atoms with E-state index < -0.39 is 16.9 Å². The second-order valence-electron chi connectivity index (χ2n) is 5.09. The molecule has 1 aliphatic rings. The van der Waals surface area contributed by atoms with Crippen LogP contribution in [0.4, 0.5) is 5.69 Å². The lowest BCUT2D eigenvalue weighted by Crippen LogP contribution is -2.45. The SMILES string of the molecule is O=C(N[C@H](Cc1ccc([N+](=O)[O-])cc1)C(=O)O)[C@@H]1CCOC1. The lowest BCUT2D eigenvalue weighted by atomic mass is 10.0. The van der Waals surface area contributed by atoms with E-state index in [1.807, 2.05) is 0 Å². The minimum atomic E-state index is -1.15. The summed E-state index contributed by atoms with van der Waals surface area (Å²) in [5.74, 6) is -1.81. The molecule has 0 saturated carbocycles. The van der Waals surface area contributed by atoms with Crippen LogP contribution in [0.25, 0.3) is 0 Å². The number of carbonyl (C=O) groups excluding carboxylic acids is 1. The van der Waals surface area contributed by atoms with Gasteiger partial charge in [0.15, 0.2) is 0 Å². The summed E-state index contributed by atoms with van der Waals surface area (Å²) >= 11 is 0. The van der Waals surface area contributed by atoms with Gasteiger partial charge in [0.25, 0.3) is 5.69 Å². The number of rotatable bonds is 6. The Morgan fingerprint density at radius 2 is 2.09 bits per heavy atom. The van der Waals surface area contributed by atoms with Crippen LogP contribution in [0.5, 0.6) is 0 Å². The maximum absolute atomic E-state index is 12.0. The molecule has 0 aliphatic carbocycles. The van der Waals surface area contributed by atoms with Crippen molar-refractivity contribution in [2.24, 2.45) is 5.92 Å². The molecule has 1 fully saturated rings. The molecule has 1 aromatic carbocycles. The van der Waals surface area contributed by atoms with Crippen LogP contribution < -0.4 is 5.32 Å². The molecule has 0 unspecified atom stereocenters. The number of nitrogens with zero attached hydrogens (tertiary/aromatic N) is 1. The van der Waals surface area contributed by atoms with Crippen LogP contribution >= 0.6 is 0 Å². The molecule has 1 aliphatic heterocycles. The van der Waals surface area contributed by atoms with Crippen molar-refractivity contribution < 1.29 is 24.4 Å². The highest BCUT2D eigenvalue weighted by Gasteiger charge is 2.28. The van der Waals surface area contributed by atoms with Crippen molar-refractivity contribution in [2.75, 3.05) is 13.2 Å². The highest BCUT2D eigenvalue weighted by molar-refractivity contribution is 5.85. The highest BCUT2D eigenvalue weighted by Crippen LogP contribution is 2.15. The molecule has 1 amide bonds. The molecular weight excluding hydrogens is 292 g/mol. The van der Waals surface area contributed by atoms with Crippen molar-refractivity contribution in [2.45, 2.75) is 18.9 Å². The first-order chi connectivity index (χ1) is 10.5. The molecule has 2 rings (SSSR count). The van der Waals surface area contributed by atoms with E-state index in [-0.39, 0.29) is 23.9 Å². The van der Waals surface area contributed by atoms with Gasteiger partial charge in [-0.2, -0.15) is 0 Å². The normalized spacial score (nSPS) is 18.6. The standard InChI is InChI=1S/C14H16N2O6/c17-13(10-5-6-22-8-10)15-12(14(18)19)7-9-1-3-11(4-2-9)16(20)21/h1-4,10,12H,5-8H2,(H,15,17)(H,18,19)/t10-,12-/m1/s1. The van der Waals surface area contributed by atoms with Crippen LogP contribution in [-0.4, -0.2) is 41.2 Å². The number of carboxylic acids is 1. The Bertz CT molecular complexity index is 565. The Hall–Kier alpha value is -2.48. The monoisotopic (exact) mass is 308 g/mol. The summed E-state index contributed by atoms with van der Waals surface area (Å²) in [5.41, 5.74) is 0.531. The van der Waals surface area contributed by atoms with Gasteiger partial charge >= 0.3 is 5.97 Å². The van der Waals surface area contributed by atoms with Crippen LogP contribution in [0.15, 0.2) is 24.3 Å². The summed E-state index contributed by atoms with van der Waals surface area (Å²) in [6, 6.07) is 4.51. The summed E-state index contributed by atoms with van der Waals surface area (Å²) < 4.78 is 5.10. The van der Waals surface area contributed by atoms with E-state index in [4.69, 9.17) is 4.74 Å². The minimum Gasteiger partial charge on any atom is -0.480 e. The molecule has 0 bridgehead atoms. The van der Waals surface area contributed by atoms with Gasteiger partial charge in [0.05, 0.1) is 17.4 Å².